The zero-order chi connectivity index (χ0) is 21.5. The lowest BCUT2D eigenvalue weighted by Gasteiger charge is -2.29. The highest BCUT2D eigenvalue weighted by molar-refractivity contribution is 5.79. The van der Waals surface area contributed by atoms with Crippen molar-refractivity contribution in [2.45, 2.75) is 31.8 Å². The molecule has 30 heavy (non-hydrogen) atoms. The van der Waals surface area contributed by atoms with Gasteiger partial charge in [0, 0.05) is 64.8 Å². The number of aryl methyl sites for hydroxylation is 1. The molecule has 0 radical (unpaired) electrons. The molecule has 0 saturated carbocycles. The third-order valence-electron chi connectivity index (χ3n) is 5.84. The van der Waals surface area contributed by atoms with Crippen LogP contribution in [0.25, 0.3) is 0 Å². The summed E-state index contributed by atoms with van der Waals surface area (Å²) in [5.41, 5.74) is 3.83. The quantitative estimate of drug-likeness (QED) is 0.561. The number of likely N-dealkylation sites (N-methyl/N-ethyl adjacent to an activating group) is 1. The van der Waals surface area contributed by atoms with Gasteiger partial charge in [0.2, 0.25) is 0 Å². The predicted octanol–water partition coefficient (Wildman–Crippen LogP) is 2.72. The molecule has 1 aliphatic rings. The molecule has 2 aromatic rings. The van der Waals surface area contributed by atoms with Crippen LogP contribution in [0.1, 0.15) is 36.4 Å². The van der Waals surface area contributed by atoms with Crippen LogP contribution in [-0.4, -0.2) is 73.4 Å². The molecule has 1 N–H and O–H groups in total. The molecular weight excluding hydrogens is 374 g/mol. The van der Waals surface area contributed by atoms with E-state index in [0.29, 0.717) is 0 Å². The van der Waals surface area contributed by atoms with Crippen LogP contribution in [0.15, 0.2) is 41.7 Å². The number of aliphatic imine (C=N–C) groups is 1. The molecule has 1 atom stereocenters. The zero-order valence-electron chi connectivity index (χ0n) is 19.2. The number of aromatic nitrogens is 2. The fourth-order valence-corrected chi connectivity index (χ4v) is 4.10. The van der Waals surface area contributed by atoms with Gasteiger partial charge in [-0.15, -0.1) is 0 Å². The molecule has 0 aliphatic carbocycles. The smallest absolute Gasteiger partial charge is 0.193 e. The maximum Gasteiger partial charge on any atom is 0.193 e. The second-order valence-electron chi connectivity index (χ2n) is 8.43. The molecule has 1 aromatic heterocycles. The van der Waals surface area contributed by atoms with Crippen molar-refractivity contribution in [1.82, 2.24) is 24.9 Å². The van der Waals surface area contributed by atoms with Crippen molar-refractivity contribution in [2.24, 2.45) is 12.0 Å². The summed E-state index contributed by atoms with van der Waals surface area (Å²) < 4.78 is 1.85. The van der Waals surface area contributed by atoms with E-state index in [4.69, 9.17) is 0 Å². The van der Waals surface area contributed by atoms with Gasteiger partial charge in [-0.1, -0.05) is 12.1 Å². The van der Waals surface area contributed by atoms with Crippen LogP contribution >= 0.6 is 0 Å². The van der Waals surface area contributed by atoms with E-state index < -0.39 is 0 Å². The Morgan fingerprint density at radius 1 is 1.13 bits per heavy atom. The van der Waals surface area contributed by atoms with E-state index in [0.717, 1.165) is 19.0 Å². The molecule has 3 rings (SSSR count). The SMILES string of the molecule is CN=C(NCC(c1cnn(C)c1)N(C)C)N(C)Cc1ccc(N2CCCCC2)cc1. The summed E-state index contributed by atoms with van der Waals surface area (Å²) in [5, 5.41) is 7.85. The summed E-state index contributed by atoms with van der Waals surface area (Å²) in [6.45, 7) is 3.95. The van der Waals surface area contributed by atoms with Crippen LogP contribution in [0.3, 0.4) is 0 Å². The molecule has 0 bridgehead atoms. The number of rotatable bonds is 7. The lowest BCUT2D eigenvalue weighted by Crippen LogP contribution is -2.42. The molecule has 0 spiro atoms. The number of benzene rings is 1. The third kappa shape index (κ3) is 5.75. The Balaban J connectivity index is 1.57. The molecular formula is C23H37N7. The van der Waals surface area contributed by atoms with Gasteiger partial charge in [-0.3, -0.25) is 9.67 Å². The maximum atomic E-state index is 4.49. The van der Waals surface area contributed by atoms with Crippen molar-refractivity contribution >= 4 is 11.6 Å². The van der Waals surface area contributed by atoms with Gasteiger partial charge in [-0.25, -0.2) is 0 Å². The van der Waals surface area contributed by atoms with Crippen LogP contribution in [-0.2, 0) is 13.6 Å². The molecule has 7 nitrogen and oxygen atoms in total. The van der Waals surface area contributed by atoms with Crippen molar-refractivity contribution in [3.63, 3.8) is 0 Å². The molecule has 0 amide bonds. The Labute approximate surface area is 181 Å². The molecule has 1 saturated heterocycles. The van der Waals surface area contributed by atoms with Gasteiger partial charge in [-0.2, -0.15) is 5.10 Å². The van der Waals surface area contributed by atoms with Gasteiger partial charge in [-0.05, 0) is 51.1 Å². The number of hydrogen-bond donors (Lipinski definition) is 1. The standard InChI is InChI=1S/C23H37N7/c1-24-23(25-16-22(27(2)3)20-15-26-29(5)18-20)28(4)17-19-9-11-21(12-10-19)30-13-7-6-8-14-30/h9-12,15,18,22H,6-8,13-14,16-17H2,1-5H3,(H,24,25). The van der Waals surface area contributed by atoms with Crippen LogP contribution in [0.4, 0.5) is 5.69 Å². The minimum atomic E-state index is 0.229. The lowest BCUT2D eigenvalue weighted by atomic mass is 10.1. The van der Waals surface area contributed by atoms with Gasteiger partial charge < -0.3 is 20.0 Å². The molecule has 2 heterocycles. The average Bonchev–Trinajstić information content (AvgIpc) is 3.18. The number of guanidine groups is 1. The van der Waals surface area contributed by atoms with Crippen LogP contribution in [0, 0.1) is 0 Å². The van der Waals surface area contributed by atoms with Crippen molar-refractivity contribution in [3.05, 3.63) is 47.8 Å². The Bertz CT molecular complexity index is 803. The second-order valence-corrected chi connectivity index (χ2v) is 8.43. The van der Waals surface area contributed by atoms with Crippen molar-refractivity contribution < 1.29 is 0 Å². The van der Waals surface area contributed by atoms with Crippen molar-refractivity contribution in [2.75, 3.05) is 52.7 Å². The summed E-state index contributed by atoms with van der Waals surface area (Å²) in [5.74, 6) is 0.894. The topological polar surface area (TPSA) is 51.9 Å². The first-order valence-electron chi connectivity index (χ1n) is 10.9. The highest BCUT2D eigenvalue weighted by Crippen LogP contribution is 2.21. The van der Waals surface area contributed by atoms with E-state index in [1.54, 1.807) is 0 Å². The average molecular weight is 412 g/mol. The third-order valence-corrected chi connectivity index (χ3v) is 5.84. The van der Waals surface area contributed by atoms with Gasteiger partial charge in [0.1, 0.15) is 0 Å². The van der Waals surface area contributed by atoms with Crippen LogP contribution in [0.5, 0.6) is 0 Å². The molecule has 1 fully saturated rings. The van der Waals surface area contributed by atoms with Crippen molar-refractivity contribution in [3.8, 4) is 0 Å². The summed E-state index contributed by atoms with van der Waals surface area (Å²) in [6.07, 6.45) is 7.98. The Morgan fingerprint density at radius 2 is 1.83 bits per heavy atom. The molecule has 1 aromatic carbocycles. The summed E-state index contributed by atoms with van der Waals surface area (Å²) in [4.78, 5) is 11.4. The number of anilines is 1. The normalized spacial score (nSPS) is 16.1. The summed E-state index contributed by atoms with van der Waals surface area (Å²) in [6, 6.07) is 9.23. The number of nitrogens with one attached hydrogen (secondary N) is 1. The van der Waals surface area contributed by atoms with E-state index in [1.807, 2.05) is 25.0 Å². The zero-order valence-corrected chi connectivity index (χ0v) is 19.2. The van der Waals surface area contributed by atoms with E-state index in [1.165, 1.54) is 49.2 Å². The Kier molecular flexibility index (Phi) is 7.74. The number of nitrogens with zero attached hydrogens (tertiary/aromatic N) is 6. The van der Waals surface area contributed by atoms with E-state index in [-0.39, 0.29) is 6.04 Å². The number of hydrogen-bond acceptors (Lipinski definition) is 4. The first-order chi connectivity index (χ1) is 14.5. The van der Waals surface area contributed by atoms with E-state index in [9.17, 15) is 0 Å². The highest BCUT2D eigenvalue weighted by atomic mass is 15.3. The van der Waals surface area contributed by atoms with Gasteiger partial charge >= 0.3 is 0 Å². The summed E-state index contributed by atoms with van der Waals surface area (Å²) >= 11 is 0. The second kappa shape index (κ2) is 10.5. The molecule has 1 unspecified atom stereocenters. The highest BCUT2D eigenvalue weighted by Gasteiger charge is 2.17. The first kappa shape index (κ1) is 22.2. The largest absolute Gasteiger partial charge is 0.372 e. The predicted molar refractivity (Wildman–Crippen MR) is 125 cm³/mol. The van der Waals surface area contributed by atoms with Crippen LogP contribution < -0.4 is 10.2 Å². The Morgan fingerprint density at radius 3 is 2.40 bits per heavy atom. The maximum absolute atomic E-state index is 4.49. The van der Waals surface area contributed by atoms with E-state index in [2.05, 4.69) is 81.7 Å². The van der Waals surface area contributed by atoms with Gasteiger partial charge in [0.15, 0.2) is 5.96 Å². The number of piperidine rings is 1. The molecule has 1 aliphatic heterocycles. The minimum absolute atomic E-state index is 0.229. The first-order valence-corrected chi connectivity index (χ1v) is 10.9. The monoisotopic (exact) mass is 411 g/mol. The Hall–Kier alpha value is -2.54. The fraction of sp³-hybridized carbons (Fsp3) is 0.565. The lowest BCUT2D eigenvalue weighted by molar-refractivity contribution is 0.295. The minimum Gasteiger partial charge on any atom is -0.372 e. The van der Waals surface area contributed by atoms with E-state index >= 15 is 0 Å². The van der Waals surface area contributed by atoms with Crippen molar-refractivity contribution in [1.29, 1.82) is 0 Å². The molecule has 164 valence electrons. The fourth-order valence-electron chi connectivity index (χ4n) is 4.10. The van der Waals surface area contributed by atoms with Gasteiger partial charge in [0.05, 0.1) is 12.2 Å². The molecule has 7 heteroatoms. The van der Waals surface area contributed by atoms with Gasteiger partial charge in [0.25, 0.3) is 0 Å². The summed E-state index contributed by atoms with van der Waals surface area (Å²) in [7, 11) is 10.1. The van der Waals surface area contributed by atoms with Crippen LogP contribution in [0.2, 0.25) is 0 Å².